The molecule has 0 fully saturated rings. The summed E-state index contributed by atoms with van der Waals surface area (Å²) in [6.07, 6.45) is 1.63. The molecule has 0 aliphatic heterocycles. The molecule has 1 aromatic rings. The van der Waals surface area contributed by atoms with Crippen LogP contribution in [0.25, 0.3) is 0 Å². The van der Waals surface area contributed by atoms with Gasteiger partial charge in [-0.25, -0.2) is 9.37 Å². The first-order valence-corrected chi connectivity index (χ1v) is 7.11. The molecule has 5 heteroatoms. The highest BCUT2D eigenvalue weighted by Gasteiger charge is 2.06. The quantitative estimate of drug-likeness (QED) is 0.749. The SMILES string of the molecule is CCN(CC)CCSc1ncc(Br)cc1F. The zero-order valence-electron chi connectivity index (χ0n) is 9.54. The number of halogens is 2. The third kappa shape index (κ3) is 4.39. The number of hydrogen-bond acceptors (Lipinski definition) is 3. The van der Waals surface area contributed by atoms with Gasteiger partial charge < -0.3 is 4.90 Å². The van der Waals surface area contributed by atoms with E-state index in [1.165, 1.54) is 17.8 Å². The topological polar surface area (TPSA) is 16.1 Å². The highest BCUT2D eigenvalue weighted by molar-refractivity contribution is 9.10. The minimum Gasteiger partial charge on any atom is -0.303 e. The molecule has 0 N–H and O–H groups in total. The van der Waals surface area contributed by atoms with Crippen molar-refractivity contribution in [3.63, 3.8) is 0 Å². The van der Waals surface area contributed by atoms with Crippen LogP contribution in [-0.4, -0.2) is 35.3 Å². The van der Waals surface area contributed by atoms with Crippen LogP contribution >= 0.6 is 27.7 Å². The van der Waals surface area contributed by atoms with Gasteiger partial charge in [0.25, 0.3) is 0 Å². The van der Waals surface area contributed by atoms with E-state index >= 15 is 0 Å². The van der Waals surface area contributed by atoms with Crippen LogP contribution in [0.4, 0.5) is 4.39 Å². The number of aromatic nitrogens is 1. The molecule has 0 aliphatic carbocycles. The van der Waals surface area contributed by atoms with Gasteiger partial charge in [-0.3, -0.25) is 0 Å². The average molecular weight is 307 g/mol. The van der Waals surface area contributed by atoms with E-state index in [0.29, 0.717) is 9.50 Å². The van der Waals surface area contributed by atoms with Crippen molar-refractivity contribution in [1.29, 1.82) is 0 Å². The maximum atomic E-state index is 13.4. The van der Waals surface area contributed by atoms with Crippen LogP contribution in [0, 0.1) is 5.82 Å². The Morgan fingerprint density at radius 1 is 1.44 bits per heavy atom. The molecule has 0 spiro atoms. The Morgan fingerprint density at radius 2 is 2.12 bits per heavy atom. The lowest BCUT2D eigenvalue weighted by molar-refractivity contribution is 0.324. The fourth-order valence-electron chi connectivity index (χ4n) is 1.32. The van der Waals surface area contributed by atoms with E-state index in [0.717, 1.165) is 25.4 Å². The monoisotopic (exact) mass is 306 g/mol. The Bertz CT molecular complexity index is 332. The smallest absolute Gasteiger partial charge is 0.156 e. The normalized spacial score (nSPS) is 11.1. The minimum absolute atomic E-state index is 0.251. The molecule has 0 atom stereocenters. The van der Waals surface area contributed by atoms with Crippen LogP contribution in [0.2, 0.25) is 0 Å². The molecule has 0 saturated carbocycles. The van der Waals surface area contributed by atoms with Crippen molar-refractivity contribution in [2.75, 3.05) is 25.4 Å². The van der Waals surface area contributed by atoms with Gasteiger partial charge in [0.1, 0.15) is 5.03 Å². The molecule has 2 nitrogen and oxygen atoms in total. The van der Waals surface area contributed by atoms with E-state index in [4.69, 9.17) is 0 Å². The Balaban J connectivity index is 2.42. The standard InChI is InChI=1S/C11H16BrFN2S/c1-3-15(4-2)5-6-16-11-10(13)7-9(12)8-14-11/h7-8H,3-6H2,1-2H3. The molecule has 16 heavy (non-hydrogen) atoms. The third-order valence-electron chi connectivity index (χ3n) is 2.31. The van der Waals surface area contributed by atoms with Gasteiger partial charge >= 0.3 is 0 Å². The van der Waals surface area contributed by atoms with Gasteiger partial charge in [0.15, 0.2) is 5.82 Å². The molecule has 1 aromatic heterocycles. The number of hydrogen-bond donors (Lipinski definition) is 0. The van der Waals surface area contributed by atoms with Crippen LogP contribution in [0.3, 0.4) is 0 Å². The summed E-state index contributed by atoms with van der Waals surface area (Å²) in [5, 5.41) is 0.482. The summed E-state index contributed by atoms with van der Waals surface area (Å²) in [5.74, 6) is 0.617. The van der Waals surface area contributed by atoms with Gasteiger partial charge in [0.05, 0.1) is 0 Å². The number of pyridine rings is 1. The summed E-state index contributed by atoms with van der Waals surface area (Å²) >= 11 is 4.66. The lowest BCUT2D eigenvalue weighted by Crippen LogP contribution is -2.25. The van der Waals surface area contributed by atoms with Crippen LogP contribution in [0.15, 0.2) is 21.8 Å². The third-order valence-corrected chi connectivity index (χ3v) is 3.71. The van der Waals surface area contributed by atoms with Crippen LogP contribution in [0.1, 0.15) is 13.8 Å². The van der Waals surface area contributed by atoms with Crippen molar-refractivity contribution in [3.8, 4) is 0 Å². The molecule has 90 valence electrons. The molecular formula is C11H16BrFN2S. The van der Waals surface area contributed by atoms with E-state index in [1.54, 1.807) is 6.20 Å². The summed E-state index contributed by atoms with van der Waals surface area (Å²) < 4.78 is 14.1. The van der Waals surface area contributed by atoms with Gasteiger partial charge in [-0.05, 0) is 35.1 Å². The molecule has 0 unspecified atom stereocenters. The van der Waals surface area contributed by atoms with Crippen LogP contribution in [-0.2, 0) is 0 Å². The summed E-state index contributed by atoms with van der Waals surface area (Å²) in [4.78, 5) is 6.36. The fraction of sp³-hybridized carbons (Fsp3) is 0.545. The number of rotatable bonds is 6. The van der Waals surface area contributed by atoms with Gasteiger partial charge in [0.2, 0.25) is 0 Å². The molecule has 1 heterocycles. The van der Waals surface area contributed by atoms with Gasteiger partial charge in [-0.2, -0.15) is 0 Å². The maximum absolute atomic E-state index is 13.4. The zero-order chi connectivity index (χ0) is 12.0. The van der Waals surface area contributed by atoms with Crippen LogP contribution < -0.4 is 0 Å². The zero-order valence-corrected chi connectivity index (χ0v) is 11.9. The van der Waals surface area contributed by atoms with Crippen molar-refractivity contribution in [2.45, 2.75) is 18.9 Å². The lowest BCUT2D eigenvalue weighted by Gasteiger charge is -2.17. The maximum Gasteiger partial charge on any atom is 0.156 e. The second-order valence-corrected chi connectivity index (χ2v) is 5.32. The summed E-state index contributed by atoms with van der Waals surface area (Å²) in [6.45, 7) is 7.30. The molecule has 1 rings (SSSR count). The number of thioether (sulfide) groups is 1. The molecule has 0 aliphatic rings. The van der Waals surface area contributed by atoms with E-state index in [9.17, 15) is 4.39 Å². The second-order valence-electron chi connectivity index (χ2n) is 3.32. The first kappa shape index (κ1) is 13.9. The predicted octanol–water partition coefficient (Wildman–Crippen LogP) is 3.42. The van der Waals surface area contributed by atoms with Crippen molar-refractivity contribution in [3.05, 3.63) is 22.6 Å². The van der Waals surface area contributed by atoms with Gasteiger partial charge in [-0.1, -0.05) is 13.8 Å². The van der Waals surface area contributed by atoms with E-state index in [1.807, 2.05) is 0 Å². The number of nitrogens with zero attached hydrogens (tertiary/aromatic N) is 2. The van der Waals surface area contributed by atoms with Crippen molar-refractivity contribution < 1.29 is 4.39 Å². The first-order valence-electron chi connectivity index (χ1n) is 5.33. The summed E-state index contributed by atoms with van der Waals surface area (Å²) in [5.41, 5.74) is 0. The minimum atomic E-state index is -0.251. The molecule has 0 aromatic carbocycles. The summed E-state index contributed by atoms with van der Waals surface area (Å²) in [7, 11) is 0. The lowest BCUT2D eigenvalue weighted by atomic mass is 10.5. The highest BCUT2D eigenvalue weighted by atomic mass is 79.9. The molecular weight excluding hydrogens is 291 g/mol. The highest BCUT2D eigenvalue weighted by Crippen LogP contribution is 2.21. The molecule has 0 amide bonds. The van der Waals surface area contributed by atoms with E-state index in [-0.39, 0.29) is 5.82 Å². The Morgan fingerprint density at radius 3 is 2.69 bits per heavy atom. The Kier molecular flexibility index (Phi) is 6.31. The second kappa shape index (κ2) is 7.25. The molecule has 0 bridgehead atoms. The van der Waals surface area contributed by atoms with Gasteiger partial charge in [-0.15, -0.1) is 11.8 Å². The van der Waals surface area contributed by atoms with Crippen molar-refractivity contribution >= 4 is 27.7 Å². The van der Waals surface area contributed by atoms with E-state index in [2.05, 4.69) is 39.7 Å². The molecule has 0 saturated heterocycles. The van der Waals surface area contributed by atoms with E-state index < -0.39 is 0 Å². The van der Waals surface area contributed by atoms with Gasteiger partial charge in [0, 0.05) is 23.0 Å². The predicted molar refractivity (Wildman–Crippen MR) is 70.4 cm³/mol. The van der Waals surface area contributed by atoms with Crippen LogP contribution in [0.5, 0.6) is 0 Å². The Labute approximate surface area is 109 Å². The molecule has 0 radical (unpaired) electrons. The largest absolute Gasteiger partial charge is 0.303 e. The fourth-order valence-corrected chi connectivity index (χ4v) is 2.49. The first-order chi connectivity index (χ1) is 7.67. The Hall–Kier alpha value is -0.130. The summed E-state index contributed by atoms with van der Waals surface area (Å²) in [6, 6.07) is 1.45. The van der Waals surface area contributed by atoms with Crippen molar-refractivity contribution in [2.24, 2.45) is 0 Å². The van der Waals surface area contributed by atoms with Crippen molar-refractivity contribution in [1.82, 2.24) is 9.88 Å². The average Bonchev–Trinajstić information content (AvgIpc) is 2.27.